The molecule has 8 heteroatoms. The molecule has 3 aromatic rings. The summed E-state index contributed by atoms with van der Waals surface area (Å²) < 4.78 is 41.8. The Morgan fingerprint density at radius 3 is 2.39 bits per heavy atom. The minimum atomic E-state index is -5.04. The van der Waals surface area contributed by atoms with E-state index in [0.717, 1.165) is 22.5 Å². The molecule has 0 aliphatic heterocycles. The van der Waals surface area contributed by atoms with Crippen LogP contribution in [0.25, 0.3) is 10.2 Å². The SMILES string of the molecule is Cc1ccc(CN(C)C(=O)CC(O)(c2nc3ccccc3s2)C(F)(F)F)cc1. The van der Waals surface area contributed by atoms with Crippen molar-refractivity contribution in [3.05, 3.63) is 64.7 Å². The van der Waals surface area contributed by atoms with E-state index in [1.54, 1.807) is 24.3 Å². The van der Waals surface area contributed by atoms with Gasteiger partial charge in [-0.05, 0) is 24.6 Å². The van der Waals surface area contributed by atoms with E-state index in [-0.39, 0.29) is 6.54 Å². The quantitative estimate of drug-likeness (QED) is 0.681. The van der Waals surface area contributed by atoms with Gasteiger partial charge in [0.25, 0.3) is 0 Å². The number of hydrogen-bond acceptors (Lipinski definition) is 4. The first-order valence-corrected chi connectivity index (χ1v) is 9.36. The summed E-state index contributed by atoms with van der Waals surface area (Å²) in [5, 5.41) is 9.99. The number of hydrogen-bond donors (Lipinski definition) is 1. The van der Waals surface area contributed by atoms with Crippen LogP contribution in [0.1, 0.15) is 22.6 Å². The summed E-state index contributed by atoms with van der Waals surface area (Å²) in [4.78, 5) is 17.6. The van der Waals surface area contributed by atoms with Crippen molar-refractivity contribution in [3.63, 3.8) is 0 Å². The van der Waals surface area contributed by atoms with E-state index in [4.69, 9.17) is 0 Å². The number of fused-ring (bicyclic) bond motifs is 1. The standard InChI is InChI=1S/C20H19F3N2O2S/c1-13-7-9-14(10-8-13)12-25(2)17(26)11-19(27,20(21,22)23)18-24-15-5-3-4-6-16(15)28-18/h3-10,27H,11-12H2,1-2H3. The predicted molar refractivity (Wildman–Crippen MR) is 102 cm³/mol. The Hall–Kier alpha value is -2.45. The molecule has 1 unspecified atom stereocenters. The van der Waals surface area contributed by atoms with E-state index < -0.39 is 29.1 Å². The van der Waals surface area contributed by atoms with Gasteiger partial charge in [0.15, 0.2) is 0 Å². The number of aromatic nitrogens is 1. The van der Waals surface area contributed by atoms with E-state index in [1.807, 2.05) is 31.2 Å². The Labute approximate surface area is 164 Å². The zero-order valence-corrected chi connectivity index (χ0v) is 16.1. The van der Waals surface area contributed by atoms with Crippen LogP contribution < -0.4 is 0 Å². The van der Waals surface area contributed by atoms with Crippen LogP contribution in [0.2, 0.25) is 0 Å². The minimum absolute atomic E-state index is 0.146. The highest BCUT2D eigenvalue weighted by Crippen LogP contribution is 2.44. The summed E-state index contributed by atoms with van der Waals surface area (Å²) >= 11 is 0.739. The monoisotopic (exact) mass is 408 g/mol. The van der Waals surface area contributed by atoms with Crippen LogP contribution in [-0.4, -0.2) is 34.1 Å². The molecule has 0 aliphatic carbocycles. The first-order valence-electron chi connectivity index (χ1n) is 8.55. The highest BCUT2D eigenvalue weighted by molar-refractivity contribution is 7.18. The molecule has 0 saturated carbocycles. The average molecular weight is 408 g/mol. The molecule has 4 nitrogen and oxygen atoms in total. The van der Waals surface area contributed by atoms with Crippen molar-refractivity contribution in [2.75, 3.05) is 7.05 Å². The van der Waals surface area contributed by atoms with Gasteiger partial charge in [-0.25, -0.2) is 4.98 Å². The molecule has 1 N–H and O–H groups in total. The molecule has 1 heterocycles. The first kappa shape index (κ1) is 20.3. The normalized spacial score (nSPS) is 14.1. The maximum absolute atomic E-state index is 13.8. The van der Waals surface area contributed by atoms with E-state index >= 15 is 0 Å². The Balaban J connectivity index is 1.85. The summed E-state index contributed by atoms with van der Waals surface area (Å²) in [7, 11) is 1.41. The topological polar surface area (TPSA) is 53.4 Å². The van der Waals surface area contributed by atoms with Gasteiger partial charge in [-0.15, -0.1) is 11.3 Å². The van der Waals surface area contributed by atoms with Crippen molar-refractivity contribution < 1.29 is 23.1 Å². The number of carbonyl (C=O) groups is 1. The van der Waals surface area contributed by atoms with E-state index in [9.17, 15) is 23.1 Å². The third-order valence-corrected chi connectivity index (χ3v) is 5.68. The summed E-state index contributed by atoms with van der Waals surface area (Å²) in [6.07, 6.45) is -6.17. The lowest BCUT2D eigenvalue weighted by atomic mass is 9.98. The molecule has 2 aromatic carbocycles. The molecule has 0 fully saturated rings. The third kappa shape index (κ3) is 4.02. The Morgan fingerprint density at radius 1 is 1.14 bits per heavy atom. The smallest absolute Gasteiger partial charge is 0.374 e. The summed E-state index contributed by atoms with van der Waals surface area (Å²) in [6, 6.07) is 13.9. The number of benzene rings is 2. The van der Waals surface area contributed by atoms with Gasteiger partial charge in [-0.1, -0.05) is 42.0 Å². The zero-order chi connectivity index (χ0) is 20.5. The molecule has 0 spiro atoms. The molecule has 1 amide bonds. The second-order valence-electron chi connectivity index (χ2n) is 6.76. The highest BCUT2D eigenvalue weighted by Gasteiger charge is 2.58. The summed E-state index contributed by atoms with van der Waals surface area (Å²) in [5.74, 6) is -0.820. The molecule has 0 aliphatic rings. The van der Waals surface area contributed by atoms with Crippen LogP contribution in [0.4, 0.5) is 13.2 Å². The second-order valence-corrected chi connectivity index (χ2v) is 7.79. The Kier molecular flexibility index (Phi) is 5.45. The lowest BCUT2D eigenvalue weighted by molar-refractivity contribution is -0.268. The molecule has 0 radical (unpaired) electrons. The maximum Gasteiger partial charge on any atom is 0.424 e. The number of aryl methyl sites for hydroxylation is 1. The molecule has 0 bridgehead atoms. The fourth-order valence-corrected chi connectivity index (χ4v) is 3.83. The van der Waals surface area contributed by atoms with Crippen LogP contribution in [-0.2, 0) is 16.9 Å². The number of halogens is 3. The molecule has 148 valence electrons. The van der Waals surface area contributed by atoms with Crippen molar-refractivity contribution >= 4 is 27.5 Å². The van der Waals surface area contributed by atoms with E-state index in [2.05, 4.69) is 4.98 Å². The van der Waals surface area contributed by atoms with Gasteiger partial charge < -0.3 is 10.0 Å². The summed E-state index contributed by atoms with van der Waals surface area (Å²) in [5.41, 5.74) is -1.15. The Morgan fingerprint density at radius 2 is 1.79 bits per heavy atom. The maximum atomic E-state index is 13.8. The van der Waals surface area contributed by atoms with Crippen LogP contribution in [0.3, 0.4) is 0 Å². The van der Waals surface area contributed by atoms with Gasteiger partial charge >= 0.3 is 6.18 Å². The van der Waals surface area contributed by atoms with Gasteiger partial charge in [0.05, 0.1) is 16.6 Å². The van der Waals surface area contributed by atoms with Crippen LogP contribution in [0.15, 0.2) is 48.5 Å². The second kappa shape index (κ2) is 7.52. The molecule has 28 heavy (non-hydrogen) atoms. The molecular weight excluding hydrogens is 389 g/mol. The fourth-order valence-electron chi connectivity index (χ4n) is 2.76. The van der Waals surface area contributed by atoms with E-state index in [1.165, 1.54) is 11.9 Å². The third-order valence-electron chi connectivity index (χ3n) is 4.49. The van der Waals surface area contributed by atoms with Crippen molar-refractivity contribution in [3.8, 4) is 0 Å². The van der Waals surface area contributed by atoms with Gasteiger partial charge in [0, 0.05) is 13.6 Å². The molecule has 3 rings (SSSR count). The number of alkyl halides is 3. The van der Waals surface area contributed by atoms with E-state index in [0.29, 0.717) is 10.2 Å². The fraction of sp³-hybridized carbons (Fsp3) is 0.300. The summed E-state index contributed by atoms with van der Waals surface area (Å²) in [6.45, 7) is 2.06. The average Bonchev–Trinajstić information content (AvgIpc) is 3.07. The zero-order valence-electron chi connectivity index (χ0n) is 15.3. The van der Waals surface area contributed by atoms with Gasteiger partial charge in [-0.2, -0.15) is 13.2 Å². The number of nitrogens with zero attached hydrogens (tertiary/aromatic N) is 2. The van der Waals surface area contributed by atoms with Crippen molar-refractivity contribution in [2.24, 2.45) is 0 Å². The number of carbonyl (C=O) groups excluding carboxylic acids is 1. The van der Waals surface area contributed by atoms with Crippen LogP contribution in [0, 0.1) is 6.92 Å². The molecular formula is C20H19F3N2O2S. The highest BCUT2D eigenvalue weighted by atomic mass is 32.1. The van der Waals surface area contributed by atoms with Crippen LogP contribution in [0.5, 0.6) is 0 Å². The number of thiazole rings is 1. The molecule has 1 aromatic heterocycles. The van der Waals surface area contributed by atoms with Crippen molar-refractivity contribution in [1.82, 2.24) is 9.88 Å². The lowest BCUT2D eigenvalue weighted by Crippen LogP contribution is -2.46. The largest absolute Gasteiger partial charge is 0.424 e. The van der Waals surface area contributed by atoms with Gasteiger partial charge in [-0.3, -0.25) is 4.79 Å². The number of aliphatic hydroxyl groups is 1. The number of rotatable bonds is 5. The van der Waals surface area contributed by atoms with Crippen LogP contribution >= 0.6 is 11.3 Å². The molecule has 0 saturated heterocycles. The van der Waals surface area contributed by atoms with Gasteiger partial charge in [0.1, 0.15) is 5.01 Å². The minimum Gasteiger partial charge on any atom is -0.374 e. The van der Waals surface area contributed by atoms with Crippen molar-refractivity contribution in [2.45, 2.75) is 31.7 Å². The Bertz CT molecular complexity index is 952. The van der Waals surface area contributed by atoms with Gasteiger partial charge in [0.2, 0.25) is 11.5 Å². The first-order chi connectivity index (χ1) is 13.1. The lowest BCUT2D eigenvalue weighted by Gasteiger charge is -2.29. The van der Waals surface area contributed by atoms with Crippen molar-refractivity contribution in [1.29, 1.82) is 0 Å². The predicted octanol–water partition coefficient (Wildman–Crippen LogP) is 4.40. The molecule has 1 atom stereocenters. The number of para-hydroxylation sites is 1. The number of amides is 1.